The molecule has 1 unspecified atom stereocenters. The van der Waals surface area contributed by atoms with E-state index in [-0.39, 0.29) is 11.3 Å². The lowest BCUT2D eigenvalue weighted by molar-refractivity contribution is -0.384. The maximum Gasteiger partial charge on any atom is 0.286 e. The van der Waals surface area contributed by atoms with Crippen molar-refractivity contribution in [2.75, 3.05) is 6.26 Å². The summed E-state index contributed by atoms with van der Waals surface area (Å²) < 4.78 is 16.8. The fourth-order valence-electron chi connectivity index (χ4n) is 2.55. The second-order valence-corrected chi connectivity index (χ2v) is 8.79. The summed E-state index contributed by atoms with van der Waals surface area (Å²) in [6.07, 6.45) is 4.25. The van der Waals surface area contributed by atoms with Gasteiger partial charge in [-0.15, -0.1) is 0 Å². The zero-order chi connectivity index (χ0) is 21.7. The first kappa shape index (κ1) is 20.9. The summed E-state index contributed by atoms with van der Waals surface area (Å²) in [5.74, 6) is 5.08. The van der Waals surface area contributed by atoms with E-state index >= 15 is 0 Å². The van der Waals surface area contributed by atoms with Crippen molar-refractivity contribution in [3.05, 3.63) is 99.4 Å². The normalized spacial score (nSPS) is 12.2. The zero-order valence-corrected chi connectivity index (χ0v) is 17.1. The molecule has 3 aromatic rings. The molecule has 0 saturated carbocycles. The average molecular weight is 419 g/mol. The Bertz CT molecular complexity index is 1310. The summed E-state index contributed by atoms with van der Waals surface area (Å²) in [6.45, 7) is 1.87. The first-order chi connectivity index (χ1) is 14.2. The second-order valence-electron chi connectivity index (χ2n) is 6.53. The highest BCUT2D eigenvalue weighted by atomic mass is 32.2. The van der Waals surface area contributed by atoms with Gasteiger partial charge in [0.2, 0.25) is 0 Å². The SMILES string of the molecule is Cc1cccc(S(C)(=O)=NC(=O)c2cncc(C#Cc3ccc([N+](=O)[O-])cc3)c2)c1. The summed E-state index contributed by atoms with van der Waals surface area (Å²) >= 11 is 0. The number of nitro groups is 1. The number of benzene rings is 2. The number of nitro benzene ring substituents is 1. The van der Waals surface area contributed by atoms with E-state index in [1.54, 1.807) is 18.2 Å². The topological polar surface area (TPSA) is 103 Å². The third kappa shape index (κ3) is 5.16. The fourth-order valence-corrected chi connectivity index (χ4v) is 3.81. The van der Waals surface area contributed by atoms with Gasteiger partial charge in [0.05, 0.1) is 20.2 Å². The number of pyridine rings is 1. The molecule has 30 heavy (non-hydrogen) atoms. The Morgan fingerprint density at radius 1 is 1.07 bits per heavy atom. The Morgan fingerprint density at radius 2 is 1.77 bits per heavy atom. The second kappa shape index (κ2) is 8.68. The highest BCUT2D eigenvalue weighted by molar-refractivity contribution is 7.93. The first-order valence-electron chi connectivity index (χ1n) is 8.79. The number of hydrogen-bond acceptors (Lipinski definition) is 5. The Morgan fingerprint density at radius 3 is 2.43 bits per heavy atom. The lowest BCUT2D eigenvalue weighted by atomic mass is 10.1. The molecule has 0 bridgehead atoms. The zero-order valence-electron chi connectivity index (χ0n) is 16.2. The minimum absolute atomic E-state index is 0.0202. The minimum atomic E-state index is -2.90. The molecular weight excluding hydrogens is 402 g/mol. The summed E-state index contributed by atoms with van der Waals surface area (Å²) in [5, 5.41) is 10.7. The molecule has 3 rings (SSSR count). The van der Waals surface area contributed by atoms with Crippen molar-refractivity contribution in [3.8, 4) is 11.8 Å². The average Bonchev–Trinajstić information content (AvgIpc) is 2.72. The number of carbonyl (C=O) groups is 1. The standard InChI is InChI=1S/C22H17N3O4S/c1-16-4-3-5-21(12-16)30(2,29)24-22(26)19-13-18(14-23-15-19)7-6-17-8-10-20(11-9-17)25(27)28/h3-5,8-15H,1-2H3. The van der Waals surface area contributed by atoms with Gasteiger partial charge in [-0.25, -0.2) is 4.21 Å². The van der Waals surface area contributed by atoms with E-state index in [2.05, 4.69) is 21.2 Å². The number of hydrogen-bond donors (Lipinski definition) is 0. The molecule has 0 aliphatic heterocycles. The molecule has 0 aliphatic carbocycles. The van der Waals surface area contributed by atoms with Crippen molar-refractivity contribution in [1.29, 1.82) is 0 Å². The molecule has 0 N–H and O–H groups in total. The molecule has 1 heterocycles. The van der Waals surface area contributed by atoms with Crippen LogP contribution in [0.15, 0.2) is 76.2 Å². The van der Waals surface area contributed by atoms with Gasteiger partial charge >= 0.3 is 0 Å². The highest BCUT2D eigenvalue weighted by Gasteiger charge is 2.12. The number of carbonyl (C=O) groups excluding carboxylic acids is 1. The number of amides is 1. The smallest absolute Gasteiger partial charge is 0.266 e. The Labute approximate surface area is 174 Å². The van der Waals surface area contributed by atoms with Crippen molar-refractivity contribution >= 4 is 21.3 Å². The molecule has 2 aromatic carbocycles. The molecule has 0 aliphatic rings. The molecule has 0 saturated heterocycles. The molecule has 7 nitrogen and oxygen atoms in total. The Kier molecular flexibility index (Phi) is 6.04. The fraction of sp³-hybridized carbons (Fsp3) is 0.0909. The highest BCUT2D eigenvalue weighted by Crippen LogP contribution is 2.15. The van der Waals surface area contributed by atoms with Crippen LogP contribution in [0.3, 0.4) is 0 Å². The maximum absolute atomic E-state index is 12.9. The van der Waals surface area contributed by atoms with Crippen LogP contribution in [0.2, 0.25) is 0 Å². The summed E-state index contributed by atoms with van der Waals surface area (Å²) in [4.78, 5) is 27.3. The van der Waals surface area contributed by atoms with Crippen molar-refractivity contribution in [1.82, 2.24) is 4.98 Å². The van der Waals surface area contributed by atoms with E-state index in [1.165, 1.54) is 49.0 Å². The van der Waals surface area contributed by atoms with Gasteiger partial charge in [-0.2, -0.15) is 4.36 Å². The van der Waals surface area contributed by atoms with Crippen LogP contribution in [0.5, 0.6) is 0 Å². The lowest BCUT2D eigenvalue weighted by Crippen LogP contribution is -2.04. The largest absolute Gasteiger partial charge is 0.286 e. The predicted molar refractivity (Wildman–Crippen MR) is 114 cm³/mol. The van der Waals surface area contributed by atoms with Gasteiger partial charge in [0.25, 0.3) is 11.6 Å². The third-order valence-electron chi connectivity index (χ3n) is 4.10. The van der Waals surface area contributed by atoms with Crippen LogP contribution in [0.4, 0.5) is 5.69 Å². The van der Waals surface area contributed by atoms with Crippen molar-refractivity contribution in [2.45, 2.75) is 11.8 Å². The van der Waals surface area contributed by atoms with E-state index in [9.17, 15) is 19.1 Å². The number of nitrogens with zero attached hydrogens (tertiary/aromatic N) is 3. The number of aromatic nitrogens is 1. The lowest BCUT2D eigenvalue weighted by Gasteiger charge is -2.05. The van der Waals surface area contributed by atoms with E-state index in [0.717, 1.165) is 5.56 Å². The molecule has 1 amide bonds. The first-order valence-corrected chi connectivity index (χ1v) is 10.7. The van der Waals surface area contributed by atoms with Crippen LogP contribution < -0.4 is 0 Å². The van der Waals surface area contributed by atoms with Gasteiger partial charge in [-0.05, 0) is 42.8 Å². The monoisotopic (exact) mass is 419 g/mol. The quantitative estimate of drug-likeness (QED) is 0.363. The number of rotatable bonds is 3. The van der Waals surface area contributed by atoms with Crippen molar-refractivity contribution in [3.63, 3.8) is 0 Å². The van der Waals surface area contributed by atoms with Gasteiger partial charge in [0, 0.05) is 46.8 Å². The van der Waals surface area contributed by atoms with Crippen molar-refractivity contribution in [2.24, 2.45) is 4.36 Å². The summed E-state index contributed by atoms with van der Waals surface area (Å²) in [5.41, 5.74) is 2.13. The Balaban J connectivity index is 1.86. The van der Waals surface area contributed by atoms with Crippen LogP contribution in [0, 0.1) is 28.9 Å². The molecule has 1 aromatic heterocycles. The molecule has 8 heteroatoms. The van der Waals surface area contributed by atoms with E-state index < -0.39 is 20.6 Å². The van der Waals surface area contributed by atoms with E-state index in [1.807, 2.05) is 13.0 Å². The van der Waals surface area contributed by atoms with Gasteiger partial charge < -0.3 is 0 Å². The van der Waals surface area contributed by atoms with Gasteiger partial charge in [-0.1, -0.05) is 24.0 Å². The minimum Gasteiger partial charge on any atom is -0.266 e. The van der Waals surface area contributed by atoms with E-state index in [0.29, 0.717) is 16.0 Å². The maximum atomic E-state index is 12.9. The third-order valence-corrected chi connectivity index (χ3v) is 5.74. The number of aryl methyl sites for hydroxylation is 1. The number of non-ortho nitro benzene ring substituents is 1. The van der Waals surface area contributed by atoms with Crippen LogP contribution >= 0.6 is 0 Å². The summed E-state index contributed by atoms with van der Waals surface area (Å²) in [6, 6.07) is 14.4. The van der Waals surface area contributed by atoms with Crippen molar-refractivity contribution < 1.29 is 13.9 Å². The predicted octanol–water partition coefficient (Wildman–Crippen LogP) is 4.00. The molecule has 1 atom stereocenters. The van der Waals surface area contributed by atoms with Gasteiger partial charge in [0.15, 0.2) is 0 Å². The molecule has 0 spiro atoms. The molecule has 150 valence electrons. The van der Waals surface area contributed by atoms with Crippen LogP contribution in [-0.2, 0) is 9.73 Å². The van der Waals surface area contributed by atoms with Gasteiger partial charge in [0.1, 0.15) is 0 Å². The van der Waals surface area contributed by atoms with Crippen LogP contribution in [0.25, 0.3) is 0 Å². The Hall–Kier alpha value is -3.83. The van der Waals surface area contributed by atoms with E-state index in [4.69, 9.17) is 0 Å². The summed E-state index contributed by atoms with van der Waals surface area (Å²) in [7, 11) is -2.90. The van der Waals surface area contributed by atoms with Gasteiger partial charge in [-0.3, -0.25) is 19.9 Å². The molecular formula is C22H17N3O4S. The van der Waals surface area contributed by atoms with Crippen LogP contribution in [-0.4, -0.2) is 26.3 Å². The van der Waals surface area contributed by atoms with Crippen LogP contribution in [0.1, 0.15) is 27.0 Å². The molecule has 0 radical (unpaired) electrons. The molecule has 0 fully saturated rings.